The van der Waals surface area contributed by atoms with Crippen molar-refractivity contribution in [2.75, 3.05) is 0 Å². The van der Waals surface area contributed by atoms with Gasteiger partial charge in [0.25, 0.3) is 0 Å². The van der Waals surface area contributed by atoms with E-state index >= 15 is 0 Å². The number of rotatable bonds is 11. The van der Waals surface area contributed by atoms with E-state index in [0.717, 1.165) is 44.1 Å². The second kappa shape index (κ2) is 11.0. The molecule has 0 radical (unpaired) electrons. The Morgan fingerprint density at radius 1 is 1.15 bits per heavy atom. The fraction of sp³-hybridized carbons (Fsp3) is 0.565. The molecule has 1 aromatic rings. The molecule has 0 aromatic heterocycles. The molecule has 0 amide bonds. The topological polar surface area (TPSA) is 74.6 Å². The van der Waals surface area contributed by atoms with Gasteiger partial charge in [0.1, 0.15) is 6.10 Å². The van der Waals surface area contributed by atoms with E-state index in [2.05, 4.69) is 43.3 Å². The van der Waals surface area contributed by atoms with Gasteiger partial charge in [0, 0.05) is 12.3 Å². The number of aliphatic carboxylic acids is 1. The quantitative estimate of drug-likeness (QED) is 0.555. The first-order valence-electron chi connectivity index (χ1n) is 10.2. The van der Waals surface area contributed by atoms with Crippen LogP contribution in [0, 0.1) is 11.8 Å². The van der Waals surface area contributed by atoms with E-state index in [1.54, 1.807) is 0 Å². The summed E-state index contributed by atoms with van der Waals surface area (Å²) in [5.41, 5.74) is 2.46. The summed E-state index contributed by atoms with van der Waals surface area (Å²) < 4.78 is 0. The number of unbranched alkanes of at least 4 members (excludes halogenated alkanes) is 3. The fourth-order valence-electron chi connectivity index (χ4n) is 3.88. The summed E-state index contributed by atoms with van der Waals surface area (Å²) in [5.74, 6) is -0.817. The number of aliphatic hydroxyl groups excluding tert-OH is 1. The molecule has 148 valence electrons. The number of hydrogen-bond donors (Lipinski definition) is 2. The lowest BCUT2D eigenvalue weighted by molar-refractivity contribution is -0.137. The number of ketones is 1. The minimum atomic E-state index is -0.844. The van der Waals surface area contributed by atoms with E-state index in [0.29, 0.717) is 12.8 Å². The van der Waals surface area contributed by atoms with Gasteiger partial charge in [0.05, 0.1) is 0 Å². The molecule has 27 heavy (non-hydrogen) atoms. The van der Waals surface area contributed by atoms with E-state index in [1.165, 1.54) is 5.56 Å². The maximum absolute atomic E-state index is 12.3. The molecule has 0 bridgehead atoms. The van der Waals surface area contributed by atoms with Crippen molar-refractivity contribution in [3.05, 3.63) is 41.5 Å². The van der Waals surface area contributed by atoms with Gasteiger partial charge in [-0.05, 0) is 42.7 Å². The third-order valence-electron chi connectivity index (χ3n) is 5.42. The second-order valence-electron chi connectivity index (χ2n) is 7.62. The molecule has 3 atom stereocenters. The Labute approximate surface area is 162 Å². The van der Waals surface area contributed by atoms with E-state index in [1.807, 2.05) is 0 Å². The van der Waals surface area contributed by atoms with Gasteiger partial charge in [-0.1, -0.05) is 69.0 Å². The van der Waals surface area contributed by atoms with Gasteiger partial charge in [-0.3, -0.25) is 9.59 Å². The summed E-state index contributed by atoms with van der Waals surface area (Å²) in [4.78, 5) is 22.8. The summed E-state index contributed by atoms with van der Waals surface area (Å²) in [5, 5.41) is 18.6. The van der Waals surface area contributed by atoms with Crippen LogP contribution in [0.3, 0.4) is 0 Å². The number of carbonyl (C=O) groups excluding carboxylic acids is 1. The minimum Gasteiger partial charge on any atom is -0.481 e. The van der Waals surface area contributed by atoms with Crippen LogP contribution < -0.4 is 0 Å². The predicted octanol–water partition coefficient (Wildman–Crippen LogP) is 4.64. The van der Waals surface area contributed by atoms with Crippen molar-refractivity contribution < 1.29 is 19.8 Å². The van der Waals surface area contributed by atoms with Gasteiger partial charge in [0.2, 0.25) is 0 Å². The van der Waals surface area contributed by atoms with Crippen LogP contribution in [0.4, 0.5) is 0 Å². The highest BCUT2D eigenvalue weighted by atomic mass is 16.4. The van der Waals surface area contributed by atoms with E-state index in [4.69, 9.17) is 5.11 Å². The summed E-state index contributed by atoms with van der Waals surface area (Å²) in [6, 6.07) is 8.50. The summed E-state index contributed by atoms with van der Waals surface area (Å²) in [7, 11) is 0. The van der Waals surface area contributed by atoms with E-state index in [-0.39, 0.29) is 24.0 Å². The van der Waals surface area contributed by atoms with Crippen LogP contribution in [-0.4, -0.2) is 28.1 Å². The first kappa shape index (κ1) is 21.4. The molecular weight excluding hydrogens is 340 g/mol. The van der Waals surface area contributed by atoms with Crippen molar-refractivity contribution in [3.63, 3.8) is 0 Å². The molecule has 0 heterocycles. The Bertz CT molecular complexity index is 632. The molecule has 2 N–H and O–H groups in total. The number of carbonyl (C=O) groups is 2. The van der Waals surface area contributed by atoms with Gasteiger partial charge in [0.15, 0.2) is 5.78 Å². The minimum absolute atomic E-state index is 0.0338. The second-order valence-corrected chi connectivity index (χ2v) is 7.62. The molecule has 4 nitrogen and oxygen atoms in total. The van der Waals surface area contributed by atoms with Crippen LogP contribution in [0.5, 0.6) is 0 Å². The average molecular weight is 373 g/mol. The molecule has 1 aliphatic carbocycles. The zero-order valence-corrected chi connectivity index (χ0v) is 16.3. The third kappa shape index (κ3) is 6.94. The standard InChI is InChI=1S/C23H32O4/c1-2-7-17-10-12-18(13-11-17)14-15-19-16-21(24)23(27)20(19)8-5-3-4-6-9-22(25)26/h10-15,19-21,24H,2-9,16H2,1H3,(H,25,26). The summed E-state index contributed by atoms with van der Waals surface area (Å²) in [6.45, 7) is 2.17. The average Bonchev–Trinajstić information content (AvgIpc) is 2.91. The Kier molecular flexibility index (Phi) is 8.73. The molecule has 0 spiro atoms. The molecule has 0 aliphatic heterocycles. The van der Waals surface area contributed by atoms with Crippen molar-refractivity contribution in [1.29, 1.82) is 0 Å². The first-order valence-corrected chi connectivity index (χ1v) is 10.2. The predicted molar refractivity (Wildman–Crippen MR) is 107 cm³/mol. The Hall–Kier alpha value is -1.94. The number of allylic oxidation sites excluding steroid dienone is 1. The first-order chi connectivity index (χ1) is 13.0. The van der Waals surface area contributed by atoms with Crippen LogP contribution in [0.25, 0.3) is 6.08 Å². The number of carboxylic acid groups (broad SMARTS) is 1. The van der Waals surface area contributed by atoms with Crippen LogP contribution in [-0.2, 0) is 16.0 Å². The summed E-state index contributed by atoms with van der Waals surface area (Å²) in [6.07, 6.45) is 10.4. The number of aliphatic hydroxyl groups is 1. The van der Waals surface area contributed by atoms with Crippen molar-refractivity contribution >= 4 is 17.8 Å². The van der Waals surface area contributed by atoms with Gasteiger partial charge in [-0.2, -0.15) is 0 Å². The molecule has 0 saturated heterocycles. The van der Waals surface area contributed by atoms with Crippen molar-refractivity contribution in [2.45, 2.75) is 70.8 Å². The van der Waals surface area contributed by atoms with Crippen molar-refractivity contribution in [3.8, 4) is 0 Å². The van der Waals surface area contributed by atoms with Crippen LogP contribution in [0.2, 0.25) is 0 Å². The van der Waals surface area contributed by atoms with E-state index < -0.39 is 12.1 Å². The zero-order chi connectivity index (χ0) is 19.6. The largest absolute Gasteiger partial charge is 0.481 e. The van der Waals surface area contributed by atoms with Gasteiger partial charge < -0.3 is 10.2 Å². The number of benzene rings is 1. The Morgan fingerprint density at radius 2 is 1.85 bits per heavy atom. The molecule has 3 unspecified atom stereocenters. The molecule has 1 aliphatic rings. The molecule has 4 heteroatoms. The monoisotopic (exact) mass is 372 g/mol. The number of aryl methyl sites for hydroxylation is 1. The lowest BCUT2D eigenvalue weighted by atomic mass is 9.89. The number of Topliss-reactive ketones (excluding diaryl/α,β-unsaturated/α-hetero) is 1. The highest BCUT2D eigenvalue weighted by Gasteiger charge is 2.39. The zero-order valence-electron chi connectivity index (χ0n) is 16.3. The highest BCUT2D eigenvalue weighted by molar-refractivity contribution is 5.88. The normalized spacial score (nSPS) is 22.6. The number of hydrogen-bond acceptors (Lipinski definition) is 3. The maximum atomic E-state index is 12.3. The molecular formula is C23H32O4. The van der Waals surface area contributed by atoms with Gasteiger partial charge in [-0.25, -0.2) is 0 Å². The fourth-order valence-corrected chi connectivity index (χ4v) is 3.88. The Balaban J connectivity index is 1.85. The summed E-state index contributed by atoms with van der Waals surface area (Å²) >= 11 is 0. The van der Waals surface area contributed by atoms with Crippen LogP contribution >= 0.6 is 0 Å². The smallest absolute Gasteiger partial charge is 0.303 e. The highest BCUT2D eigenvalue weighted by Crippen LogP contribution is 2.34. The molecule has 1 saturated carbocycles. The van der Waals surface area contributed by atoms with Gasteiger partial charge >= 0.3 is 5.97 Å². The maximum Gasteiger partial charge on any atom is 0.303 e. The number of carboxylic acids is 1. The lowest BCUT2D eigenvalue weighted by Crippen LogP contribution is -2.19. The van der Waals surface area contributed by atoms with E-state index in [9.17, 15) is 14.7 Å². The van der Waals surface area contributed by atoms with Crippen LogP contribution in [0.1, 0.15) is 69.4 Å². The Morgan fingerprint density at radius 3 is 2.52 bits per heavy atom. The third-order valence-corrected chi connectivity index (χ3v) is 5.42. The van der Waals surface area contributed by atoms with Crippen molar-refractivity contribution in [2.24, 2.45) is 11.8 Å². The van der Waals surface area contributed by atoms with Crippen molar-refractivity contribution in [1.82, 2.24) is 0 Å². The van der Waals surface area contributed by atoms with Crippen LogP contribution in [0.15, 0.2) is 30.3 Å². The SMILES string of the molecule is CCCc1ccc(C=CC2CC(O)C(=O)C2CCCCCCC(=O)O)cc1. The molecule has 2 rings (SSSR count). The molecule has 1 aromatic carbocycles. The lowest BCUT2D eigenvalue weighted by Gasteiger charge is -2.14. The molecule has 1 fully saturated rings. The van der Waals surface area contributed by atoms with Gasteiger partial charge in [-0.15, -0.1) is 0 Å².